The third-order valence-corrected chi connectivity index (χ3v) is 6.14. The summed E-state index contributed by atoms with van der Waals surface area (Å²) in [5.41, 5.74) is 3.29. The first kappa shape index (κ1) is 23.5. The monoisotopic (exact) mass is 408 g/mol. The van der Waals surface area contributed by atoms with Crippen LogP contribution in [0.25, 0.3) is 0 Å². The molecule has 1 fully saturated rings. The number of carbonyl (C=O) groups is 1. The van der Waals surface area contributed by atoms with Gasteiger partial charge in [0, 0.05) is 18.2 Å². The van der Waals surface area contributed by atoms with Gasteiger partial charge < -0.3 is 15.4 Å². The third-order valence-electron chi connectivity index (χ3n) is 6.14. The van der Waals surface area contributed by atoms with E-state index in [1.54, 1.807) is 7.11 Å². The molecule has 1 aromatic rings. The normalized spacial score (nSPS) is 20.3. The van der Waals surface area contributed by atoms with E-state index in [0.29, 0.717) is 5.76 Å². The van der Waals surface area contributed by atoms with Crippen LogP contribution in [-0.2, 0) is 11.2 Å². The van der Waals surface area contributed by atoms with Gasteiger partial charge in [-0.3, -0.25) is 4.79 Å². The van der Waals surface area contributed by atoms with E-state index in [2.05, 4.69) is 36.8 Å². The van der Waals surface area contributed by atoms with Crippen molar-refractivity contribution in [1.82, 2.24) is 10.6 Å². The summed E-state index contributed by atoms with van der Waals surface area (Å²) in [6.45, 7) is 12.7. The zero-order valence-electron chi connectivity index (χ0n) is 18.7. The largest absolute Gasteiger partial charge is 0.497 e. The molecule has 1 amide bonds. The lowest BCUT2D eigenvalue weighted by molar-refractivity contribution is 0.0943. The van der Waals surface area contributed by atoms with Gasteiger partial charge in [0.05, 0.1) is 7.11 Å². The number of methoxy groups -OCH3 is 1. The minimum absolute atomic E-state index is 0.0460. The Kier molecular flexibility index (Phi) is 8.97. The van der Waals surface area contributed by atoms with Crippen LogP contribution in [0.3, 0.4) is 0 Å². The lowest BCUT2D eigenvalue weighted by Gasteiger charge is -2.17. The van der Waals surface area contributed by atoms with Crippen LogP contribution in [-0.4, -0.2) is 25.6 Å². The van der Waals surface area contributed by atoms with Crippen molar-refractivity contribution in [2.45, 2.75) is 52.0 Å². The predicted molar refractivity (Wildman–Crippen MR) is 125 cm³/mol. The van der Waals surface area contributed by atoms with Gasteiger partial charge in [0.25, 0.3) is 5.91 Å². The first-order valence-corrected chi connectivity index (χ1v) is 10.8. The van der Waals surface area contributed by atoms with Gasteiger partial charge in [0.1, 0.15) is 5.76 Å². The van der Waals surface area contributed by atoms with Crippen molar-refractivity contribution in [3.63, 3.8) is 0 Å². The summed E-state index contributed by atoms with van der Waals surface area (Å²) >= 11 is 0. The number of aryl methyl sites for hydroxylation is 1. The highest BCUT2D eigenvalue weighted by Gasteiger charge is 2.52. The molecular formula is C26H36N2O2. The molecule has 0 heterocycles. The molecule has 1 aliphatic carbocycles. The van der Waals surface area contributed by atoms with E-state index in [4.69, 9.17) is 4.74 Å². The van der Waals surface area contributed by atoms with E-state index in [9.17, 15) is 4.79 Å². The zero-order chi connectivity index (χ0) is 22.0. The molecule has 0 aromatic heterocycles. The second kappa shape index (κ2) is 11.4. The van der Waals surface area contributed by atoms with E-state index >= 15 is 0 Å². The van der Waals surface area contributed by atoms with Crippen LogP contribution in [0.2, 0.25) is 0 Å². The van der Waals surface area contributed by atoms with Crippen molar-refractivity contribution in [3.8, 4) is 0 Å². The molecule has 0 spiro atoms. The van der Waals surface area contributed by atoms with Crippen molar-refractivity contribution in [1.29, 1.82) is 0 Å². The quantitative estimate of drug-likeness (QED) is 0.204. The van der Waals surface area contributed by atoms with Crippen LogP contribution in [0.5, 0.6) is 0 Å². The molecule has 0 aliphatic heterocycles. The second-order valence-electron chi connectivity index (χ2n) is 7.96. The van der Waals surface area contributed by atoms with Crippen LogP contribution in [0, 0.1) is 12.3 Å². The number of carbonyl (C=O) groups excluding carboxylic acids is 1. The summed E-state index contributed by atoms with van der Waals surface area (Å²) in [4.78, 5) is 12.9. The molecule has 2 unspecified atom stereocenters. The lowest BCUT2D eigenvalue weighted by atomic mass is 9.97. The highest BCUT2D eigenvalue weighted by Crippen LogP contribution is 2.51. The number of nitrogens with one attached hydrogen (secondary N) is 2. The number of benzene rings is 1. The predicted octanol–water partition coefficient (Wildman–Crippen LogP) is 5.22. The van der Waals surface area contributed by atoms with E-state index in [1.807, 2.05) is 49.6 Å². The van der Waals surface area contributed by atoms with E-state index in [-0.39, 0.29) is 17.4 Å². The Bertz CT molecular complexity index is 809. The van der Waals surface area contributed by atoms with Gasteiger partial charge >= 0.3 is 0 Å². The van der Waals surface area contributed by atoms with E-state index < -0.39 is 0 Å². The van der Waals surface area contributed by atoms with Crippen molar-refractivity contribution < 1.29 is 9.53 Å². The number of ether oxygens (including phenoxy) is 1. The summed E-state index contributed by atoms with van der Waals surface area (Å²) in [7, 11) is 1.60. The summed E-state index contributed by atoms with van der Waals surface area (Å²) < 4.78 is 4.98. The smallest absolute Gasteiger partial charge is 0.251 e. The molecule has 0 saturated heterocycles. The van der Waals surface area contributed by atoms with Crippen LogP contribution in [0.4, 0.5) is 0 Å². The Balaban J connectivity index is 1.85. The minimum Gasteiger partial charge on any atom is -0.497 e. The Labute approximate surface area is 181 Å². The van der Waals surface area contributed by atoms with Crippen molar-refractivity contribution >= 4 is 5.91 Å². The lowest BCUT2D eigenvalue weighted by Crippen LogP contribution is -2.31. The number of allylic oxidation sites excluding steroid dienone is 4. The maximum Gasteiger partial charge on any atom is 0.251 e. The molecule has 1 aliphatic rings. The van der Waals surface area contributed by atoms with Gasteiger partial charge in [-0.05, 0) is 80.0 Å². The van der Waals surface area contributed by atoms with Crippen LogP contribution < -0.4 is 10.6 Å². The average molecular weight is 409 g/mol. The summed E-state index contributed by atoms with van der Waals surface area (Å²) in [5, 5.41) is 6.60. The molecule has 4 nitrogen and oxygen atoms in total. The van der Waals surface area contributed by atoms with Gasteiger partial charge in [-0.1, -0.05) is 37.8 Å². The summed E-state index contributed by atoms with van der Waals surface area (Å²) in [6.07, 6.45) is 14.5. The van der Waals surface area contributed by atoms with Crippen LogP contribution in [0.1, 0.15) is 54.1 Å². The molecule has 30 heavy (non-hydrogen) atoms. The number of hydrogen-bond acceptors (Lipinski definition) is 3. The zero-order valence-corrected chi connectivity index (χ0v) is 18.7. The Morgan fingerprint density at radius 3 is 2.87 bits per heavy atom. The minimum atomic E-state index is 0.0460. The van der Waals surface area contributed by atoms with Gasteiger partial charge in [0.2, 0.25) is 0 Å². The maximum atomic E-state index is 12.9. The number of hydrogen-bond donors (Lipinski definition) is 2. The van der Waals surface area contributed by atoms with E-state index in [0.717, 1.165) is 49.8 Å². The fourth-order valence-electron chi connectivity index (χ4n) is 3.85. The van der Waals surface area contributed by atoms with Gasteiger partial charge in [-0.15, -0.1) is 6.58 Å². The Morgan fingerprint density at radius 2 is 2.17 bits per heavy atom. The molecule has 4 heteroatoms. The maximum absolute atomic E-state index is 12.9. The SMILES string of the molecule is C=CCCc1cccc(C(=O)NC2CC2(CC)CCN/C=C/C=C\C(=C)OC)c1C. The molecule has 2 rings (SSSR count). The molecule has 2 N–H and O–H groups in total. The summed E-state index contributed by atoms with van der Waals surface area (Å²) in [6, 6.07) is 6.26. The molecule has 162 valence electrons. The van der Waals surface area contributed by atoms with E-state index in [1.165, 1.54) is 5.56 Å². The number of rotatable bonds is 13. The van der Waals surface area contributed by atoms with Gasteiger partial charge in [0.15, 0.2) is 0 Å². The van der Waals surface area contributed by atoms with Crippen molar-refractivity contribution in [2.24, 2.45) is 5.41 Å². The summed E-state index contributed by atoms with van der Waals surface area (Å²) in [5.74, 6) is 0.673. The molecule has 2 atom stereocenters. The highest BCUT2D eigenvalue weighted by atomic mass is 16.5. The Hall–Kier alpha value is -2.75. The Morgan fingerprint density at radius 1 is 1.37 bits per heavy atom. The van der Waals surface area contributed by atoms with Crippen molar-refractivity contribution in [2.75, 3.05) is 13.7 Å². The first-order valence-electron chi connectivity index (χ1n) is 10.8. The third kappa shape index (κ3) is 6.38. The first-order chi connectivity index (χ1) is 14.5. The number of amides is 1. The molecule has 0 bridgehead atoms. The van der Waals surface area contributed by atoms with Gasteiger partial charge in [-0.25, -0.2) is 0 Å². The molecule has 0 radical (unpaired) electrons. The average Bonchev–Trinajstić information content (AvgIpc) is 3.44. The molecule has 1 saturated carbocycles. The molecule has 1 aromatic carbocycles. The van der Waals surface area contributed by atoms with Crippen LogP contribution >= 0.6 is 0 Å². The molecular weight excluding hydrogens is 372 g/mol. The second-order valence-corrected chi connectivity index (χ2v) is 7.96. The van der Waals surface area contributed by atoms with Crippen molar-refractivity contribution in [3.05, 3.63) is 84.3 Å². The van der Waals surface area contributed by atoms with Crippen LogP contribution in [0.15, 0.2) is 67.6 Å². The fourth-order valence-corrected chi connectivity index (χ4v) is 3.85. The van der Waals surface area contributed by atoms with Gasteiger partial charge in [-0.2, -0.15) is 0 Å². The standard InChI is InChI=1S/C26H36N2O2/c1-6-8-13-22-14-11-15-23(21(22)4)25(29)28-24-19-26(24,7-2)16-18-27-17-10-9-12-20(3)30-5/h6,9-12,14-15,17,24,27H,1,3,7-8,13,16,18-19H2,2,4-5H3,(H,28,29)/b12-9-,17-10+. The fraction of sp³-hybridized carbons (Fsp3) is 0.423. The topological polar surface area (TPSA) is 50.4 Å². The highest BCUT2D eigenvalue weighted by molar-refractivity contribution is 5.96.